The topological polar surface area (TPSA) is 9.23 Å². The zero-order valence-corrected chi connectivity index (χ0v) is 11.9. The van der Waals surface area contributed by atoms with Crippen molar-refractivity contribution >= 4 is 15.9 Å². The molecule has 0 saturated heterocycles. The smallest absolute Gasteiger partial charge is 0.166 e. The van der Waals surface area contributed by atoms with E-state index >= 15 is 0 Å². The zero-order valence-electron chi connectivity index (χ0n) is 10.3. The van der Waals surface area contributed by atoms with Crippen LogP contribution in [-0.4, -0.2) is 0 Å². The first-order valence-electron chi connectivity index (χ1n) is 5.79. The van der Waals surface area contributed by atoms with Gasteiger partial charge >= 0.3 is 0 Å². The van der Waals surface area contributed by atoms with Crippen molar-refractivity contribution in [1.29, 1.82) is 0 Å². The number of rotatable bonds is 3. The van der Waals surface area contributed by atoms with E-state index in [2.05, 4.69) is 15.9 Å². The SMILES string of the molecule is CC(C)c1ccc(Oc2ccc(Br)cc2)c(F)c1. The lowest BCUT2D eigenvalue weighted by molar-refractivity contribution is 0.441. The van der Waals surface area contributed by atoms with E-state index < -0.39 is 0 Å². The van der Waals surface area contributed by atoms with Crippen LogP contribution in [0.15, 0.2) is 46.9 Å². The van der Waals surface area contributed by atoms with Gasteiger partial charge < -0.3 is 4.74 Å². The summed E-state index contributed by atoms with van der Waals surface area (Å²) in [5, 5.41) is 0. The summed E-state index contributed by atoms with van der Waals surface area (Å²) >= 11 is 3.34. The highest BCUT2D eigenvalue weighted by molar-refractivity contribution is 9.10. The highest BCUT2D eigenvalue weighted by Crippen LogP contribution is 2.28. The van der Waals surface area contributed by atoms with Gasteiger partial charge in [0, 0.05) is 4.47 Å². The van der Waals surface area contributed by atoms with Gasteiger partial charge in [-0.3, -0.25) is 0 Å². The molecule has 0 bridgehead atoms. The predicted molar refractivity (Wildman–Crippen MR) is 74.7 cm³/mol. The Hall–Kier alpha value is -1.35. The third-order valence-corrected chi connectivity index (χ3v) is 3.19. The molecular formula is C15H14BrFO. The summed E-state index contributed by atoms with van der Waals surface area (Å²) in [4.78, 5) is 0. The van der Waals surface area contributed by atoms with Crippen molar-refractivity contribution in [3.8, 4) is 11.5 Å². The van der Waals surface area contributed by atoms with Crippen LogP contribution in [0, 0.1) is 5.82 Å². The lowest BCUT2D eigenvalue weighted by atomic mass is 10.0. The van der Waals surface area contributed by atoms with Crippen molar-refractivity contribution in [2.75, 3.05) is 0 Å². The Kier molecular flexibility index (Phi) is 4.02. The lowest BCUT2D eigenvalue weighted by Crippen LogP contribution is -1.92. The Morgan fingerprint density at radius 2 is 1.72 bits per heavy atom. The van der Waals surface area contributed by atoms with E-state index in [4.69, 9.17) is 4.74 Å². The Morgan fingerprint density at radius 1 is 1.06 bits per heavy atom. The van der Waals surface area contributed by atoms with E-state index in [-0.39, 0.29) is 11.6 Å². The van der Waals surface area contributed by atoms with Gasteiger partial charge in [-0.05, 0) is 47.9 Å². The number of halogens is 2. The molecule has 0 fully saturated rings. The Balaban J connectivity index is 2.22. The minimum atomic E-state index is -0.330. The van der Waals surface area contributed by atoms with Gasteiger partial charge in [0.2, 0.25) is 0 Å². The van der Waals surface area contributed by atoms with E-state index in [0.29, 0.717) is 11.7 Å². The average molecular weight is 309 g/mol. The maximum absolute atomic E-state index is 13.8. The molecule has 2 rings (SSSR count). The molecule has 18 heavy (non-hydrogen) atoms. The van der Waals surface area contributed by atoms with Crippen LogP contribution < -0.4 is 4.74 Å². The molecule has 0 N–H and O–H groups in total. The second-order valence-electron chi connectivity index (χ2n) is 4.40. The molecule has 0 unspecified atom stereocenters. The number of hydrogen-bond acceptors (Lipinski definition) is 1. The number of benzene rings is 2. The third-order valence-electron chi connectivity index (χ3n) is 2.66. The molecule has 0 spiro atoms. The van der Waals surface area contributed by atoms with E-state index in [1.54, 1.807) is 18.2 Å². The average Bonchev–Trinajstić information content (AvgIpc) is 2.34. The van der Waals surface area contributed by atoms with Gasteiger partial charge in [0.25, 0.3) is 0 Å². The summed E-state index contributed by atoms with van der Waals surface area (Å²) < 4.78 is 20.3. The molecule has 3 heteroatoms. The fourth-order valence-electron chi connectivity index (χ4n) is 1.59. The molecule has 0 saturated carbocycles. The Morgan fingerprint density at radius 3 is 2.28 bits per heavy atom. The monoisotopic (exact) mass is 308 g/mol. The van der Waals surface area contributed by atoms with Gasteiger partial charge in [-0.25, -0.2) is 4.39 Å². The molecule has 0 aliphatic heterocycles. The van der Waals surface area contributed by atoms with Crippen LogP contribution in [0.5, 0.6) is 11.5 Å². The normalized spacial score (nSPS) is 10.7. The molecule has 0 radical (unpaired) electrons. The van der Waals surface area contributed by atoms with Crippen LogP contribution in [0.2, 0.25) is 0 Å². The molecule has 1 nitrogen and oxygen atoms in total. The van der Waals surface area contributed by atoms with Crippen LogP contribution in [-0.2, 0) is 0 Å². The second-order valence-corrected chi connectivity index (χ2v) is 5.32. The molecule has 0 aromatic heterocycles. The highest BCUT2D eigenvalue weighted by Gasteiger charge is 2.08. The molecule has 0 aliphatic carbocycles. The van der Waals surface area contributed by atoms with Crippen LogP contribution in [0.25, 0.3) is 0 Å². The van der Waals surface area contributed by atoms with Crippen molar-refractivity contribution in [3.63, 3.8) is 0 Å². The predicted octanol–water partition coefficient (Wildman–Crippen LogP) is 5.50. The maximum atomic E-state index is 13.8. The number of hydrogen-bond donors (Lipinski definition) is 0. The van der Waals surface area contributed by atoms with Crippen molar-refractivity contribution in [1.82, 2.24) is 0 Å². The highest BCUT2D eigenvalue weighted by atomic mass is 79.9. The molecule has 2 aromatic carbocycles. The van der Waals surface area contributed by atoms with Crippen LogP contribution in [0.4, 0.5) is 4.39 Å². The minimum Gasteiger partial charge on any atom is -0.454 e. The zero-order chi connectivity index (χ0) is 13.1. The van der Waals surface area contributed by atoms with Gasteiger partial charge in [0.05, 0.1) is 0 Å². The standard InChI is InChI=1S/C15H14BrFO/c1-10(2)11-3-8-15(14(17)9-11)18-13-6-4-12(16)5-7-13/h3-10H,1-2H3. The van der Waals surface area contributed by atoms with Crippen LogP contribution in [0.1, 0.15) is 25.3 Å². The fourth-order valence-corrected chi connectivity index (χ4v) is 1.85. The maximum Gasteiger partial charge on any atom is 0.166 e. The molecule has 2 aromatic rings. The van der Waals surface area contributed by atoms with Gasteiger partial charge in [-0.1, -0.05) is 35.8 Å². The largest absolute Gasteiger partial charge is 0.454 e. The Bertz CT molecular complexity index is 535. The quantitative estimate of drug-likeness (QED) is 0.727. The van der Waals surface area contributed by atoms with Gasteiger partial charge in [-0.2, -0.15) is 0 Å². The van der Waals surface area contributed by atoms with E-state index in [1.807, 2.05) is 32.0 Å². The molecule has 0 atom stereocenters. The van der Waals surface area contributed by atoms with Crippen molar-refractivity contribution < 1.29 is 9.13 Å². The summed E-state index contributed by atoms with van der Waals surface area (Å²) in [6.45, 7) is 4.06. The summed E-state index contributed by atoms with van der Waals surface area (Å²) in [6, 6.07) is 12.4. The minimum absolute atomic E-state index is 0.252. The molecule has 94 valence electrons. The third kappa shape index (κ3) is 3.10. The Labute approximate surface area is 115 Å². The molecule has 0 amide bonds. The van der Waals surface area contributed by atoms with E-state index in [0.717, 1.165) is 10.0 Å². The fraction of sp³-hybridized carbons (Fsp3) is 0.200. The summed E-state index contributed by atoms with van der Waals surface area (Å²) in [6.07, 6.45) is 0. The first-order chi connectivity index (χ1) is 8.56. The van der Waals surface area contributed by atoms with E-state index in [9.17, 15) is 4.39 Å². The first kappa shape index (κ1) is 13.1. The van der Waals surface area contributed by atoms with Crippen LogP contribution >= 0.6 is 15.9 Å². The molecule has 0 aliphatic rings. The van der Waals surface area contributed by atoms with E-state index in [1.165, 1.54) is 6.07 Å². The second kappa shape index (κ2) is 5.53. The van der Waals surface area contributed by atoms with Gasteiger partial charge in [0.1, 0.15) is 5.75 Å². The lowest BCUT2D eigenvalue weighted by Gasteiger charge is -2.10. The number of ether oxygens (including phenoxy) is 1. The summed E-state index contributed by atoms with van der Waals surface area (Å²) in [5.41, 5.74) is 0.968. The van der Waals surface area contributed by atoms with Gasteiger partial charge in [-0.15, -0.1) is 0 Å². The summed E-state index contributed by atoms with van der Waals surface area (Å²) in [7, 11) is 0. The van der Waals surface area contributed by atoms with Crippen LogP contribution in [0.3, 0.4) is 0 Å². The summed E-state index contributed by atoms with van der Waals surface area (Å²) in [5.74, 6) is 0.849. The first-order valence-corrected chi connectivity index (χ1v) is 6.58. The molecular weight excluding hydrogens is 295 g/mol. The van der Waals surface area contributed by atoms with Crippen molar-refractivity contribution in [3.05, 3.63) is 58.3 Å². The van der Waals surface area contributed by atoms with Gasteiger partial charge in [0.15, 0.2) is 11.6 Å². The molecule has 0 heterocycles. The van der Waals surface area contributed by atoms with Crippen molar-refractivity contribution in [2.45, 2.75) is 19.8 Å². The van der Waals surface area contributed by atoms with Crippen molar-refractivity contribution in [2.24, 2.45) is 0 Å².